The summed E-state index contributed by atoms with van der Waals surface area (Å²) < 4.78 is 2.23. The third-order valence-corrected chi connectivity index (χ3v) is 4.67. The van der Waals surface area contributed by atoms with Crippen LogP contribution in [0.3, 0.4) is 0 Å². The smallest absolute Gasteiger partial charge is 0.321 e. The van der Waals surface area contributed by atoms with Gasteiger partial charge < -0.3 is 9.88 Å². The minimum Gasteiger partial charge on any atom is -0.348 e. The van der Waals surface area contributed by atoms with E-state index in [2.05, 4.69) is 51.4 Å². The highest BCUT2D eigenvalue weighted by molar-refractivity contribution is 5.95. The van der Waals surface area contributed by atoms with Crippen LogP contribution >= 0.6 is 0 Å². The predicted molar refractivity (Wildman–Crippen MR) is 101 cm³/mol. The van der Waals surface area contributed by atoms with Crippen LogP contribution in [0.25, 0.3) is 0 Å². The van der Waals surface area contributed by atoms with Crippen LogP contribution in [-0.4, -0.2) is 41.0 Å². The largest absolute Gasteiger partial charge is 0.348 e. The molecule has 138 valence electrons. The lowest BCUT2D eigenvalue weighted by atomic mass is 10.00. The van der Waals surface area contributed by atoms with Crippen molar-refractivity contribution in [3.8, 4) is 0 Å². The molecule has 1 unspecified atom stereocenters. The second-order valence-electron chi connectivity index (χ2n) is 6.57. The first-order valence-corrected chi connectivity index (χ1v) is 9.20. The second kappa shape index (κ2) is 8.67. The number of imide groups is 1. The van der Waals surface area contributed by atoms with Crippen molar-refractivity contribution in [2.75, 3.05) is 19.6 Å². The number of benzene rings is 1. The molecule has 3 amide bonds. The van der Waals surface area contributed by atoms with Crippen LogP contribution < -0.4 is 10.6 Å². The number of aromatic nitrogens is 1. The fraction of sp³-hybridized carbons (Fsp3) is 0.400. The third kappa shape index (κ3) is 4.32. The maximum absolute atomic E-state index is 12.4. The molecule has 0 spiro atoms. The monoisotopic (exact) mass is 354 g/mol. The standard InChI is InChI=1S/C20H26N4O2/c1-2-3-11-21-20(26)22-18(25)15-24-14-13-23-12-7-10-17(23)19(24)16-8-5-4-6-9-16/h4-10,12,19H,2-3,11,13-15H2,1H3,(H2,21,22,25,26). The summed E-state index contributed by atoms with van der Waals surface area (Å²) in [5, 5.41) is 5.15. The number of nitrogens with zero attached hydrogens (tertiary/aromatic N) is 2. The molecular formula is C20H26N4O2. The Balaban J connectivity index is 1.68. The molecule has 6 heteroatoms. The van der Waals surface area contributed by atoms with Crippen LogP contribution in [0.15, 0.2) is 48.7 Å². The maximum Gasteiger partial charge on any atom is 0.321 e. The lowest BCUT2D eigenvalue weighted by Crippen LogP contribution is -2.47. The SMILES string of the molecule is CCCCNC(=O)NC(=O)CN1CCn2cccc2C1c1ccccc1. The highest BCUT2D eigenvalue weighted by Crippen LogP contribution is 2.31. The van der Waals surface area contributed by atoms with E-state index in [0.717, 1.165) is 31.5 Å². The van der Waals surface area contributed by atoms with Crippen molar-refractivity contribution in [1.29, 1.82) is 0 Å². The number of amides is 3. The number of nitrogens with one attached hydrogen (secondary N) is 2. The first-order chi connectivity index (χ1) is 12.7. The number of hydrogen-bond donors (Lipinski definition) is 2. The van der Waals surface area contributed by atoms with Crippen molar-refractivity contribution >= 4 is 11.9 Å². The summed E-state index contributed by atoms with van der Waals surface area (Å²) in [6, 6.07) is 13.9. The Kier molecular flexibility index (Phi) is 6.07. The number of urea groups is 1. The molecule has 0 saturated carbocycles. The van der Waals surface area contributed by atoms with Gasteiger partial charge in [-0.2, -0.15) is 0 Å². The minimum absolute atomic E-state index is 0.00820. The lowest BCUT2D eigenvalue weighted by Gasteiger charge is -2.36. The first kappa shape index (κ1) is 18.2. The van der Waals surface area contributed by atoms with Crippen LogP contribution in [0, 0.1) is 0 Å². The van der Waals surface area contributed by atoms with Crippen LogP contribution in [0.4, 0.5) is 4.79 Å². The van der Waals surface area contributed by atoms with Gasteiger partial charge in [0.25, 0.3) is 0 Å². The molecule has 1 aliphatic heterocycles. The Morgan fingerprint density at radius 2 is 1.92 bits per heavy atom. The molecule has 0 saturated heterocycles. The van der Waals surface area contributed by atoms with E-state index in [1.165, 1.54) is 5.69 Å². The van der Waals surface area contributed by atoms with Gasteiger partial charge in [-0.05, 0) is 24.1 Å². The van der Waals surface area contributed by atoms with E-state index in [4.69, 9.17) is 0 Å². The summed E-state index contributed by atoms with van der Waals surface area (Å²) in [7, 11) is 0. The van der Waals surface area contributed by atoms with Gasteiger partial charge in [-0.3, -0.25) is 15.0 Å². The van der Waals surface area contributed by atoms with Crippen molar-refractivity contribution in [3.63, 3.8) is 0 Å². The molecule has 2 heterocycles. The summed E-state index contributed by atoms with van der Waals surface area (Å²) >= 11 is 0. The van der Waals surface area contributed by atoms with E-state index in [1.54, 1.807) is 0 Å². The molecule has 3 rings (SSSR count). The Bertz CT molecular complexity index is 741. The zero-order valence-electron chi connectivity index (χ0n) is 15.1. The molecule has 0 aliphatic carbocycles. The highest BCUT2D eigenvalue weighted by atomic mass is 16.2. The van der Waals surface area contributed by atoms with Crippen molar-refractivity contribution in [1.82, 2.24) is 20.1 Å². The maximum atomic E-state index is 12.4. The second-order valence-corrected chi connectivity index (χ2v) is 6.57. The van der Waals surface area contributed by atoms with Crippen molar-refractivity contribution in [2.45, 2.75) is 32.4 Å². The zero-order valence-corrected chi connectivity index (χ0v) is 15.1. The molecule has 1 atom stereocenters. The molecule has 2 N–H and O–H groups in total. The van der Waals surface area contributed by atoms with E-state index in [9.17, 15) is 9.59 Å². The van der Waals surface area contributed by atoms with E-state index < -0.39 is 6.03 Å². The normalized spacial score (nSPS) is 16.7. The fourth-order valence-corrected chi connectivity index (χ4v) is 3.39. The predicted octanol–water partition coefficient (Wildman–Crippen LogP) is 2.52. The Hall–Kier alpha value is -2.60. The van der Waals surface area contributed by atoms with Gasteiger partial charge in [-0.25, -0.2) is 4.79 Å². The molecule has 26 heavy (non-hydrogen) atoms. The summed E-state index contributed by atoms with van der Waals surface area (Å²) in [6.07, 6.45) is 3.98. The number of hydrogen-bond acceptors (Lipinski definition) is 3. The number of unbranched alkanes of at least 4 members (excludes halogenated alkanes) is 1. The van der Waals surface area contributed by atoms with Crippen molar-refractivity contribution < 1.29 is 9.59 Å². The lowest BCUT2D eigenvalue weighted by molar-refractivity contribution is -0.121. The van der Waals surface area contributed by atoms with Crippen molar-refractivity contribution in [3.05, 3.63) is 59.9 Å². The van der Waals surface area contributed by atoms with E-state index in [0.29, 0.717) is 6.54 Å². The van der Waals surface area contributed by atoms with Gasteiger partial charge in [0.15, 0.2) is 0 Å². The number of carbonyl (C=O) groups excluding carboxylic acids is 2. The van der Waals surface area contributed by atoms with Crippen LogP contribution in [-0.2, 0) is 11.3 Å². The van der Waals surface area contributed by atoms with Crippen LogP contribution in [0.2, 0.25) is 0 Å². The average molecular weight is 354 g/mol. The third-order valence-electron chi connectivity index (χ3n) is 4.67. The molecule has 6 nitrogen and oxygen atoms in total. The van der Waals surface area contributed by atoms with Gasteiger partial charge in [0, 0.05) is 31.5 Å². The Labute approximate surface area is 154 Å². The van der Waals surface area contributed by atoms with Crippen LogP contribution in [0.5, 0.6) is 0 Å². The van der Waals surface area contributed by atoms with Gasteiger partial charge >= 0.3 is 6.03 Å². The highest BCUT2D eigenvalue weighted by Gasteiger charge is 2.30. The fourth-order valence-electron chi connectivity index (χ4n) is 3.39. The van der Waals surface area contributed by atoms with E-state index in [-0.39, 0.29) is 18.5 Å². The summed E-state index contributed by atoms with van der Waals surface area (Å²) in [5.41, 5.74) is 2.31. The van der Waals surface area contributed by atoms with Gasteiger partial charge in [0.1, 0.15) is 0 Å². The van der Waals surface area contributed by atoms with Gasteiger partial charge in [0.05, 0.1) is 12.6 Å². The molecule has 1 aromatic carbocycles. The molecule has 0 fully saturated rings. The molecule has 2 aromatic rings. The van der Waals surface area contributed by atoms with Crippen molar-refractivity contribution in [2.24, 2.45) is 0 Å². The molecular weight excluding hydrogens is 328 g/mol. The number of rotatable bonds is 6. The topological polar surface area (TPSA) is 66.4 Å². The summed E-state index contributed by atoms with van der Waals surface area (Å²) in [4.78, 5) is 26.3. The molecule has 1 aliphatic rings. The van der Waals surface area contributed by atoms with Gasteiger partial charge in [0.2, 0.25) is 5.91 Å². The Morgan fingerprint density at radius 1 is 1.12 bits per heavy atom. The minimum atomic E-state index is -0.417. The first-order valence-electron chi connectivity index (χ1n) is 9.20. The quantitative estimate of drug-likeness (QED) is 0.784. The molecule has 0 radical (unpaired) electrons. The summed E-state index contributed by atoms with van der Waals surface area (Å²) in [5.74, 6) is -0.278. The average Bonchev–Trinajstić information content (AvgIpc) is 3.11. The molecule has 1 aromatic heterocycles. The molecule has 0 bridgehead atoms. The Morgan fingerprint density at radius 3 is 2.69 bits per heavy atom. The number of fused-ring (bicyclic) bond motifs is 1. The van der Waals surface area contributed by atoms with Gasteiger partial charge in [-0.15, -0.1) is 0 Å². The number of carbonyl (C=O) groups is 2. The van der Waals surface area contributed by atoms with Crippen LogP contribution in [0.1, 0.15) is 37.1 Å². The summed E-state index contributed by atoms with van der Waals surface area (Å²) in [6.45, 7) is 4.42. The van der Waals surface area contributed by atoms with E-state index >= 15 is 0 Å². The van der Waals surface area contributed by atoms with E-state index in [1.807, 2.05) is 24.3 Å². The zero-order chi connectivity index (χ0) is 18.4. The van der Waals surface area contributed by atoms with Gasteiger partial charge in [-0.1, -0.05) is 43.7 Å².